The zero-order valence-corrected chi connectivity index (χ0v) is 19.1. The molecule has 0 aliphatic rings. The number of rotatable bonds is 10. The second-order valence-corrected chi connectivity index (χ2v) is 9.52. The van der Waals surface area contributed by atoms with Gasteiger partial charge in [-0.25, -0.2) is 9.59 Å². The van der Waals surface area contributed by atoms with E-state index in [-0.39, 0.29) is 31.6 Å². The highest BCUT2D eigenvalue weighted by Crippen LogP contribution is 2.28. The lowest BCUT2D eigenvalue weighted by molar-refractivity contribution is -0.142. The van der Waals surface area contributed by atoms with E-state index >= 15 is 0 Å². The molecule has 0 saturated heterocycles. The SMILES string of the molecule is CCCCC(C(=O)O)n1c(=O)c2sc3c(=O)n(C(CCCC)C(=O)O)c(=O)c3sc2c1=O. The molecule has 0 saturated carbocycles. The molecule has 0 aliphatic carbocycles. The van der Waals surface area contributed by atoms with Crippen molar-refractivity contribution in [3.8, 4) is 0 Å². The number of hydrogen-bond acceptors (Lipinski definition) is 8. The van der Waals surface area contributed by atoms with Crippen molar-refractivity contribution in [3.05, 3.63) is 41.4 Å². The quantitative estimate of drug-likeness (QED) is 0.446. The molecule has 0 bridgehead atoms. The van der Waals surface area contributed by atoms with E-state index in [1.165, 1.54) is 0 Å². The summed E-state index contributed by atoms with van der Waals surface area (Å²) in [6.07, 6.45) is 2.52. The van der Waals surface area contributed by atoms with Crippen LogP contribution in [-0.2, 0) is 9.59 Å². The molecule has 0 spiro atoms. The monoisotopic (exact) mass is 482 g/mol. The molecule has 12 heteroatoms. The number of nitrogens with zero attached hydrogens (tertiary/aromatic N) is 2. The smallest absolute Gasteiger partial charge is 0.326 e. The molecular weight excluding hydrogens is 460 g/mol. The van der Waals surface area contributed by atoms with Crippen LogP contribution < -0.4 is 22.2 Å². The largest absolute Gasteiger partial charge is 0.480 e. The van der Waals surface area contributed by atoms with Gasteiger partial charge in [-0.15, -0.1) is 22.7 Å². The first-order valence-electron chi connectivity index (χ1n) is 10.2. The van der Waals surface area contributed by atoms with Gasteiger partial charge >= 0.3 is 11.9 Å². The van der Waals surface area contributed by atoms with Gasteiger partial charge in [0.2, 0.25) is 0 Å². The molecule has 2 unspecified atom stereocenters. The predicted molar refractivity (Wildman–Crippen MR) is 122 cm³/mol. The highest BCUT2D eigenvalue weighted by Gasteiger charge is 2.30. The Hall–Kier alpha value is -2.86. The number of aromatic nitrogens is 2. The topological polar surface area (TPSA) is 153 Å². The van der Waals surface area contributed by atoms with Crippen molar-refractivity contribution in [2.45, 2.75) is 64.5 Å². The molecule has 3 heterocycles. The fourth-order valence-corrected chi connectivity index (χ4v) is 6.03. The number of carboxylic acids is 2. The predicted octanol–water partition coefficient (Wildman–Crippen LogP) is 2.23. The Kier molecular flexibility index (Phi) is 6.94. The van der Waals surface area contributed by atoms with Crippen molar-refractivity contribution >= 4 is 53.4 Å². The molecular formula is C20H22N2O8S2. The molecule has 0 aromatic carbocycles. The molecule has 3 rings (SSSR count). The third-order valence-electron chi connectivity index (χ3n) is 5.33. The van der Waals surface area contributed by atoms with Gasteiger partial charge < -0.3 is 10.2 Å². The first-order chi connectivity index (χ1) is 15.1. The van der Waals surface area contributed by atoms with Crippen molar-refractivity contribution in [1.82, 2.24) is 9.13 Å². The van der Waals surface area contributed by atoms with Gasteiger partial charge in [-0.3, -0.25) is 28.3 Å². The summed E-state index contributed by atoms with van der Waals surface area (Å²) in [6, 6.07) is -2.69. The van der Waals surface area contributed by atoms with Crippen LogP contribution in [0.25, 0.3) is 18.8 Å². The first kappa shape index (κ1) is 23.8. The van der Waals surface area contributed by atoms with Crippen LogP contribution in [0.4, 0.5) is 0 Å². The maximum Gasteiger partial charge on any atom is 0.326 e. The number of hydrogen-bond donors (Lipinski definition) is 2. The molecule has 10 nitrogen and oxygen atoms in total. The average molecular weight is 483 g/mol. The summed E-state index contributed by atoms with van der Waals surface area (Å²) >= 11 is 1.28. The highest BCUT2D eigenvalue weighted by atomic mass is 32.1. The van der Waals surface area contributed by atoms with E-state index in [2.05, 4.69) is 0 Å². The summed E-state index contributed by atoms with van der Waals surface area (Å²) in [5.74, 6) is -2.62. The first-order valence-corrected chi connectivity index (χ1v) is 11.8. The lowest BCUT2D eigenvalue weighted by Crippen LogP contribution is -2.34. The molecule has 172 valence electrons. The Morgan fingerprint density at radius 2 is 0.969 bits per heavy atom. The van der Waals surface area contributed by atoms with Gasteiger partial charge in [0.05, 0.1) is 0 Å². The maximum absolute atomic E-state index is 12.9. The van der Waals surface area contributed by atoms with Gasteiger partial charge in [-0.05, 0) is 12.8 Å². The Morgan fingerprint density at radius 1 is 0.688 bits per heavy atom. The molecule has 0 aliphatic heterocycles. The molecule has 3 aromatic heterocycles. The van der Waals surface area contributed by atoms with Crippen molar-refractivity contribution in [1.29, 1.82) is 0 Å². The molecule has 2 N–H and O–H groups in total. The standard InChI is InChI=1S/C20H22N2O8S2/c1-3-5-7-9(19(27)28)21-15(23)11-12(16(21)24)32-14-13(31-11)17(25)22(18(14)26)10(20(29)30)8-6-4-2/h9-10H,3-8H2,1-2H3,(H,27,28)(H,29,30). The summed E-state index contributed by atoms with van der Waals surface area (Å²) in [5, 5.41) is 19.1. The number of carbonyl (C=O) groups is 2. The Morgan fingerprint density at radius 3 is 1.19 bits per heavy atom. The van der Waals surface area contributed by atoms with E-state index in [0.29, 0.717) is 57.5 Å². The van der Waals surface area contributed by atoms with Gasteiger partial charge in [-0.2, -0.15) is 0 Å². The van der Waals surface area contributed by atoms with Crippen LogP contribution in [0.3, 0.4) is 0 Å². The van der Waals surface area contributed by atoms with Crippen molar-refractivity contribution in [2.75, 3.05) is 0 Å². The minimum absolute atomic E-state index is 0.0930. The molecule has 0 fully saturated rings. The second-order valence-electron chi connectivity index (χ2n) is 7.47. The van der Waals surface area contributed by atoms with Gasteiger partial charge in [0.1, 0.15) is 30.9 Å². The Balaban J connectivity index is 2.30. The zero-order valence-electron chi connectivity index (χ0n) is 17.5. The molecule has 3 aromatic rings. The summed E-state index contributed by atoms with van der Waals surface area (Å²) in [5.41, 5.74) is -3.29. The minimum atomic E-state index is -1.34. The van der Waals surface area contributed by atoms with Crippen molar-refractivity contribution in [2.24, 2.45) is 0 Å². The van der Waals surface area contributed by atoms with Crippen LogP contribution in [-0.4, -0.2) is 31.3 Å². The van der Waals surface area contributed by atoms with Crippen LogP contribution in [0.5, 0.6) is 0 Å². The van der Waals surface area contributed by atoms with Gasteiger partial charge in [0.25, 0.3) is 22.2 Å². The summed E-state index contributed by atoms with van der Waals surface area (Å²) in [4.78, 5) is 75.1. The number of aliphatic carboxylic acids is 2. The van der Waals surface area contributed by atoms with Gasteiger partial charge in [0, 0.05) is 0 Å². The highest BCUT2D eigenvalue weighted by molar-refractivity contribution is 7.36. The van der Waals surface area contributed by atoms with E-state index in [1.54, 1.807) is 0 Å². The van der Waals surface area contributed by atoms with E-state index in [9.17, 15) is 39.0 Å². The number of unbranched alkanes of at least 4 members (excludes halogenated alkanes) is 2. The third-order valence-corrected chi connectivity index (χ3v) is 7.92. The van der Waals surface area contributed by atoms with Gasteiger partial charge in [0.15, 0.2) is 0 Å². The van der Waals surface area contributed by atoms with Crippen LogP contribution in [0, 0.1) is 0 Å². The van der Waals surface area contributed by atoms with Gasteiger partial charge in [-0.1, -0.05) is 39.5 Å². The lowest BCUT2D eigenvalue weighted by Gasteiger charge is -2.11. The van der Waals surface area contributed by atoms with Crippen LogP contribution in [0.1, 0.15) is 64.5 Å². The normalized spacial score (nSPS) is 13.6. The minimum Gasteiger partial charge on any atom is -0.480 e. The Labute approximate surface area is 188 Å². The van der Waals surface area contributed by atoms with E-state index in [1.807, 2.05) is 13.8 Å². The average Bonchev–Trinajstić information content (AvgIpc) is 3.13. The molecule has 0 radical (unpaired) electrons. The molecule has 0 amide bonds. The summed E-state index contributed by atoms with van der Waals surface area (Å²) < 4.78 is 0.933. The second kappa shape index (κ2) is 9.33. The van der Waals surface area contributed by atoms with E-state index in [0.717, 1.165) is 0 Å². The van der Waals surface area contributed by atoms with Crippen LogP contribution in [0.15, 0.2) is 19.2 Å². The maximum atomic E-state index is 12.9. The van der Waals surface area contributed by atoms with Crippen LogP contribution in [0.2, 0.25) is 0 Å². The van der Waals surface area contributed by atoms with E-state index in [4.69, 9.17) is 0 Å². The molecule has 2 atom stereocenters. The third kappa shape index (κ3) is 3.88. The number of carboxylic acid groups (broad SMARTS) is 2. The zero-order chi connectivity index (χ0) is 23.7. The number of fused-ring (bicyclic) bond motifs is 2. The Bertz CT molecular complexity index is 1230. The van der Waals surface area contributed by atoms with Crippen LogP contribution >= 0.6 is 22.7 Å². The van der Waals surface area contributed by atoms with Crippen molar-refractivity contribution < 1.29 is 19.8 Å². The fourth-order valence-electron chi connectivity index (χ4n) is 3.66. The fraction of sp³-hybridized carbons (Fsp3) is 0.500. The summed E-state index contributed by atoms with van der Waals surface area (Å²) in [7, 11) is 0. The van der Waals surface area contributed by atoms with Crippen molar-refractivity contribution in [3.63, 3.8) is 0 Å². The molecule has 32 heavy (non-hydrogen) atoms. The van der Waals surface area contributed by atoms with E-state index < -0.39 is 46.3 Å². The lowest BCUT2D eigenvalue weighted by atomic mass is 10.1. The summed E-state index contributed by atoms with van der Waals surface area (Å²) in [6.45, 7) is 3.70.